The lowest BCUT2D eigenvalue weighted by molar-refractivity contribution is 0.182. The molecule has 0 aliphatic rings. The van der Waals surface area contributed by atoms with E-state index >= 15 is 0 Å². The molecule has 0 aliphatic carbocycles. The van der Waals surface area contributed by atoms with Crippen molar-refractivity contribution >= 4 is 0 Å². The molecule has 0 aromatic heterocycles. The van der Waals surface area contributed by atoms with Crippen molar-refractivity contribution in [3.05, 3.63) is 0 Å². The second-order valence-electron chi connectivity index (χ2n) is 1.95. The SMILES string of the molecule is C#CCCCC(C)O. The molecule has 0 aliphatic heterocycles. The Balaban J connectivity index is 2.85. The van der Waals surface area contributed by atoms with Crippen molar-refractivity contribution in [2.24, 2.45) is 0 Å². The Hall–Kier alpha value is -0.480. The van der Waals surface area contributed by atoms with Crippen LogP contribution >= 0.6 is 0 Å². The van der Waals surface area contributed by atoms with E-state index in [0.29, 0.717) is 0 Å². The zero-order valence-corrected chi connectivity index (χ0v) is 5.22. The van der Waals surface area contributed by atoms with Gasteiger partial charge in [-0.25, -0.2) is 0 Å². The Morgan fingerprint density at radius 1 is 1.75 bits per heavy atom. The van der Waals surface area contributed by atoms with Gasteiger partial charge >= 0.3 is 0 Å². The molecule has 1 unspecified atom stereocenters. The summed E-state index contributed by atoms with van der Waals surface area (Å²) in [5, 5.41) is 8.71. The summed E-state index contributed by atoms with van der Waals surface area (Å²) >= 11 is 0. The summed E-state index contributed by atoms with van der Waals surface area (Å²) in [5.41, 5.74) is 0. The fourth-order valence-corrected chi connectivity index (χ4v) is 0.500. The number of rotatable bonds is 3. The molecule has 0 rings (SSSR count). The summed E-state index contributed by atoms with van der Waals surface area (Å²) in [6.07, 6.45) is 7.34. The predicted molar refractivity (Wildman–Crippen MR) is 34.4 cm³/mol. The van der Waals surface area contributed by atoms with Crippen molar-refractivity contribution in [3.63, 3.8) is 0 Å². The van der Waals surface area contributed by atoms with Gasteiger partial charge in [-0.2, -0.15) is 0 Å². The van der Waals surface area contributed by atoms with Crippen LogP contribution in [0.5, 0.6) is 0 Å². The van der Waals surface area contributed by atoms with Gasteiger partial charge in [0.25, 0.3) is 0 Å². The van der Waals surface area contributed by atoms with Crippen LogP contribution in [0.15, 0.2) is 0 Å². The molecule has 0 radical (unpaired) electrons. The van der Waals surface area contributed by atoms with Crippen LogP contribution in [-0.2, 0) is 0 Å². The zero-order chi connectivity index (χ0) is 6.41. The van der Waals surface area contributed by atoms with E-state index in [2.05, 4.69) is 5.92 Å². The number of terminal acetylenes is 1. The summed E-state index contributed by atoms with van der Waals surface area (Å²) in [7, 11) is 0. The topological polar surface area (TPSA) is 20.2 Å². The van der Waals surface area contributed by atoms with E-state index in [1.807, 2.05) is 0 Å². The van der Waals surface area contributed by atoms with Crippen LogP contribution in [0.4, 0.5) is 0 Å². The van der Waals surface area contributed by atoms with Crippen LogP contribution in [0.3, 0.4) is 0 Å². The third kappa shape index (κ3) is 5.52. The average molecular weight is 112 g/mol. The Morgan fingerprint density at radius 2 is 2.38 bits per heavy atom. The average Bonchev–Trinajstić information content (AvgIpc) is 1.66. The molecule has 1 nitrogen and oxygen atoms in total. The molecule has 0 saturated carbocycles. The number of unbranched alkanes of at least 4 members (excludes halogenated alkanes) is 1. The third-order valence-corrected chi connectivity index (χ3v) is 0.943. The van der Waals surface area contributed by atoms with Gasteiger partial charge in [-0.1, -0.05) is 0 Å². The van der Waals surface area contributed by atoms with Crippen LogP contribution in [0, 0.1) is 12.3 Å². The van der Waals surface area contributed by atoms with Crippen molar-refractivity contribution < 1.29 is 5.11 Å². The van der Waals surface area contributed by atoms with Gasteiger partial charge in [0.05, 0.1) is 6.10 Å². The molecule has 8 heavy (non-hydrogen) atoms. The number of hydrogen-bond donors (Lipinski definition) is 1. The molecule has 0 amide bonds. The first-order valence-corrected chi connectivity index (χ1v) is 2.89. The molecular weight excluding hydrogens is 100 g/mol. The standard InChI is InChI=1S/C7H12O/c1-3-4-5-6-7(2)8/h1,7-8H,4-6H2,2H3. The summed E-state index contributed by atoms with van der Waals surface area (Å²) in [6.45, 7) is 1.77. The van der Waals surface area contributed by atoms with Crippen molar-refractivity contribution in [2.45, 2.75) is 32.3 Å². The fraction of sp³-hybridized carbons (Fsp3) is 0.714. The number of aliphatic hydroxyl groups excluding tert-OH is 1. The summed E-state index contributed by atoms with van der Waals surface area (Å²) in [5.74, 6) is 2.51. The molecule has 46 valence electrons. The minimum absolute atomic E-state index is 0.191. The number of hydrogen-bond acceptors (Lipinski definition) is 1. The highest BCUT2D eigenvalue weighted by Crippen LogP contribution is 1.97. The monoisotopic (exact) mass is 112 g/mol. The van der Waals surface area contributed by atoms with E-state index in [9.17, 15) is 0 Å². The number of aliphatic hydroxyl groups is 1. The van der Waals surface area contributed by atoms with E-state index in [1.165, 1.54) is 0 Å². The quantitative estimate of drug-likeness (QED) is 0.429. The van der Waals surface area contributed by atoms with Crippen LogP contribution in [0.1, 0.15) is 26.2 Å². The Bertz CT molecular complexity index is 78.9. The van der Waals surface area contributed by atoms with E-state index < -0.39 is 0 Å². The van der Waals surface area contributed by atoms with Gasteiger partial charge in [-0.05, 0) is 19.8 Å². The minimum atomic E-state index is -0.191. The maximum atomic E-state index is 8.71. The molecule has 0 aromatic carbocycles. The van der Waals surface area contributed by atoms with Crippen molar-refractivity contribution in [1.82, 2.24) is 0 Å². The molecule has 0 aromatic rings. The summed E-state index contributed by atoms with van der Waals surface area (Å²) in [6, 6.07) is 0. The molecule has 1 N–H and O–H groups in total. The Morgan fingerprint density at radius 3 is 2.75 bits per heavy atom. The Kier molecular flexibility index (Phi) is 4.39. The van der Waals surface area contributed by atoms with Gasteiger partial charge in [-0.3, -0.25) is 0 Å². The zero-order valence-electron chi connectivity index (χ0n) is 5.22. The van der Waals surface area contributed by atoms with Crippen LogP contribution in [0.2, 0.25) is 0 Å². The highest BCUT2D eigenvalue weighted by Gasteiger charge is 1.91. The highest BCUT2D eigenvalue weighted by atomic mass is 16.3. The second-order valence-corrected chi connectivity index (χ2v) is 1.95. The predicted octanol–water partition coefficient (Wildman–Crippen LogP) is 1.17. The van der Waals surface area contributed by atoms with Crippen molar-refractivity contribution in [1.29, 1.82) is 0 Å². The normalized spacial score (nSPS) is 12.6. The molecule has 1 atom stereocenters. The maximum absolute atomic E-state index is 8.71. The molecule has 0 fully saturated rings. The van der Waals surface area contributed by atoms with Gasteiger partial charge in [0.1, 0.15) is 0 Å². The van der Waals surface area contributed by atoms with E-state index in [0.717, 1.165) is 19.3 Å². The first-order chi connectivity index (χ1) is 3.77. The maximum Gasteiger partial charge on any atom is 0.0512 e. The lowest BCUT2D eigenvalue weighted by Crippen LogP contribution is -1.97. The molecule has 0 heterocycles. The smallest absolute Gasteiger partial charge is 0.0512 e. The molecular formula is C7H12O. The van der Waals surface area contributed by atoms with Crippen LogP contribution in [-0.4, -0.2) is 11.2 Å². The van der Waals surface area contributed by atoms with Gasteiger partial charge in [-0.15, -0.1) is 12.3 Å². The van der Waals surface area contributed by atoms with E-state index in [1.54, 1.807) is 6.92 Å². The van der Waals surface area contributed by atoms with Gasteiger partial charge < -0.3 is 5.11 Å². The van der Waals surface area contributed by atoms with Crippen molar-refractivity contribution in [2.75, 3.05) is 0 Å². The largest absolute Gasteiger partial charge is 0.393 e. The first kappa shape index (κ1) is 7.52. The summed E-state index contributed by atoms with van der Waals surface area (Å²) < 4.78 is 0. The third-order valence-electron chi connectivity index (χ3n) is 0.943. The fourth-order valence-electron chi connectivity index (χ4n) is 0.500. The van der Waals surface area contributed by atoms with Crippen molar-refractivity contribution in [3.8, 4) is 12.3 Å². The van der Waals surface area contributed by atoms with Crippen LogP contribution < -0.4 is 0 Å². The lowest BCUT2D eigenvalue weighted by atomic mass is 10.2. The van der Waals surface area contributed by atoms with Gasteiger partial charge in [0, 0.05) is 6.42 Å². The lowest BCUT2D eigenvalue weighted by Gasteiger charge is -1.98. The minimum Gasteiger partial charge on any atom is -0.393 e. The van der Waals surface area contributed by atoms with Gasteiger partial charge in [0.2, 0.25) is 0 Å². The van der Waals surface area contributed by atoms with E-state index in [-0.39, 0.29) is 6.10 Å². The second kappa shape index (κ2) is 4.67. The summed E-state index contributed by atoms with van der Waals surface area (Å²) in [4.78, 5) is 0. The van der Waals surface area contributed by atoms with E-state index in [4.69, 9.17) is 11.5 Å². The highest BCUT2D eigenvalue weighted by molar-refractivity contribution is 4.82. The Labute approximate surface area is 50.7 Å². The first-order valence-electron chi connectivity index (χ1n) is 2.89. The van der Waals surface area contributed by atoms with Crippen LogP contribution in [0.25, 0.3) is 0 Å². The molecule has 0 saturated heterocycles. The van der Waals surface area contributed by atoms with Gasteiger partial charge in [0.15, 0.2) is 0 Å². The molecule has 1 heteroatoms. The molecule has 0 bridgehead atoms. The molecule has 0 spiro atoms.